The zero-order valence-corrected chi connectivity index (χ0v) is 18.8. The molecule has 1 saturated heterocycles. The van der Waals surface area contributed by atoms with Crippen LogP contribution in [0.15, 0.2) is 29.2 Å². The summed E-state index contributed by atoms with van der Waals surface area (Å²) in [5, 5.41) is 4.20. The lowest BCUT2D eigenvalue weighted by molar-refractivity contribution is 0.0719. The molecule has 170 valence electrons. The van der Waals surface area contributed by atoms with Crippen LogP contribution in [0.3, 0.4) is 0 Å². The molecule has 2 atom stereocenters. The van der Waals surface area contributed by atoms with Gasteiger partial charge in [-0.1, -0.05) is 12.2 Å². The summed E-state index contributed by atoms with van der Waals surface area (Å²) in [5.74, 6) is 1.42. The Bertz CT molecular complexity index is 1070. The van der Waals surface area contributed by atoms with Gasteiger partial charge in [-0.15, -0.1) is 0 Å². The second-order valence-corrected chi connectivity index (χ2v) is 9.19. The third-order valence-electron chi connectivity index (χ3n) is 7.16. The summed E-state index contributed by atoms with van der Waals surface area (Å²) in [5.41, 5.74) is 1.94. The lowest BCUT2D eigenvalue weighted by Gasteiger charge is -2.31. The van der Waals surface area contributed by atoms with Crippen molar-refractivity contribution in [3.63, 3.8) is 0 Å². The number of aromatic nitrogens is 4. The van der Waals surface area contributed by atoms with Gasteiger partial charge in [0, 0.05) is 32.3 Å². The second-order valence-electron chi connectivity index (χ2n) is 9.19. The summed E-state index contributed by atoms with van der Waals surface area (Å²) in [4.78, 5) is 38.3. The fourth-order valence-electron chi connectivity index (χ4n) is 5.41. The molecule has 1 fully saturated rings. The van der Waals surface area contributed by atoms with Crippen LogP contribution in [0.4, 0.5) is 0 Å². The Morgan fingerprint density at radius 3 is 2.97 bits per heavy atom. The number of hydrogen-bond donors (Lipinski definition) is 1. The first-order valence-electron chi connectivity index (χ1n) is 12.0. The van der Waals surface area contributed by atoms with Gasteiger partial charge in [0.25, 0.3) is 11.5 Å². The molecule has 2 aromatic heterocycles. The van der Waals surface area contributed by atoms with Crippen LogP contribution in [0.2, 0.25) is 0 Å². The third kappa shape index (κ3) is 4.03. The van der Waals surface area contributed by atoms with Crippen LogP contribution < -0.4 is 5.56 Å². The number of allylic oxidation sites excluding steroid dienone is 2. The molecule has 2 aliphatic heterocycles. The number of rotatable bonds is 5. The Balaban J connectivity index is 1.33. The number of carbonyl (C=O) groups excluding carboxylic acids is 1. The smallest absolute Gasteiger partial charge is 0.272 e. The maximum absolute atomic E-state index is 13.0. The van der Waals surface area contributed by atoms with Crippen molar-refractivity contribution in [3.05, 3.63) is 57.5 Å². The van der Waals surface area contributed by atoms with E-state index in [1.54, 1.807) is 21.8 Å². The largest absolute Gasteiger partial charge is 0.332 e. The molecule has 0 bridgehead atoms. The molecule has 2 aromatic rings. The van der Waals surface area contributed by atoms with E-state index in [1.807, 2.05) is 6.92 Å². The van der Waals surface area contributed by atoms with Crippen molar-refractivity contribution in [2.75, 3.05) is 19.6 Å². The zero-order chi connectivity index (χ0) is 22.1. The summed E-state index contributed by atoms with van der Waals surface area (Å²) in [7, 11) is 0. The van der Waals surface area contributed by atoms with E-state index in [2.05, 4.69) is 27.1 Å². The molecular weight excluding hydrogens is 404 g/mol. The van der Waals surface area contributed by atoms with Crippen molar-refractivity contribution >= 4 is 5.91 Å². The van der Waals surface area contributed by atoms with Crippen molar-refractivity contribution in [2.24, 2.45) is 5.92 Å². The van der Waals surface area contributed by atoms with Gasteiger partial charge in [0.15, 0.2) is 0 Å². The normalized spacial score (nSPS) is 23.5. The Labute approximate surface area is 188 Å². The summed E-state index contributed by atoms with van der Waals surface area (Å²) < 4.78 is 1.69. The minimum Gasteiger partial charge on any atom is -0.332 e. The SMILES string of the molecule is CCn1nccc1C(=O)N1CCc2nc([C@@H]3CCCN3C[C@@H]3CC=CCC3)[nH]c(=O)c2C1. The number of nitrogens with zero attached hydrogens (tertiary/aromatic N) is 5. The van der Waals surface area contributed by atoms with E-state index in [9.17, 15) is 9.59 Å². The molecule has 8 heteroatoms. The molecule has 1 N–H and O–H groups in total. The first-order valence-corrected chi connectivity index (χ1v) is 12.0. The first-order chi connectivity index (χ1) is 15.6. The van der Waals surface area contributed by atoms with Crippen LogP contribution in [-0.2, 0) is 19.5 Å². The molecule has 0 aromatic carbocycles. The van der Waals surface area contributed by atoms with Gasteiger partial charge in [-0.25, -0.2) is 4.98 Å². The van der Waals surface area contributed by atoms with E-state index >= 15 is 0 Å². The minimum absolute atomic E-state index is 0.0815. The summed E-state index contributed by atoms with van der Waals surface area (Å²) in [6, 6.07) is 1.93. The monoisotopic (exact) mass is 436 g/mol. The lowest BCUT2D eigenvalue weighted by Crippen LogP contribution is -2.41. The molecule has 32 heavy (non-hydrogen) atoms. The number of aryl methyl sites for hydroxylation is 1. The molecule has 0 radical (unpaired) electrons. The van der Waals surface area contributed by atoms with Crippen LogP contribution >= 0.6 is 0 Å². The number of aromatic amines is 1. The summed E-state index contributed by atoms with van der Waals surface area (Å²) >= 11 is 0. The number of likely N-dealkylation sites (tertiary alicyclic amines) is 1. The zero-order valence-electron chi connectivity index (χ0n) is 18.8. The highest BCUT2D eigenvalue weighted by molar-refractivity contribution is 5.92. The number of amides is 1. The molecule has 1 aliphatic carbocycles. The van der Waals surface area contributed by atoms with Crippen molar-refractivity contribution in [2.45, 2.75) is 64.6 Å². The van der Waals surface area contributed by atoms with Gasteiger partial charge < -0.3 is 9.88 Å². The number of H-pyrrole nitrogens is 1. The Morgan fingerprint density at radius 2 is 2.16 bits per heavy atom. The topological polar surface area (TPSA) is 87.1 Å². The van der Waals surface area contributed by atoms with Gasteiger partial charge in [0.2, 0.25) is 0 Å². The van der Waals surface area contributed by atoms with Gasteiger partial charge in [-0.2, -0.15) is 5.10 Å². The molecule has 1 amide bonds. The molecule has 4 heterocycles. The van der Waals surface area contributed by atoms with Crippen molar-refractivity contribution in [1.82, 2.24) is 29.5 Å². The maximum Gasteiger partial charge on any atom is 0.272 e. The Kier molecular flexibility index (Phi) is 5.95. The van der Waals surface area contributed by atoms with E-state index in [4.69, 9.17) is 4.98 Å². The van der Waals surface area contributed by atoms with Crippen molar-refractivity contribution < 1.29 is 4.79 Å². The van der Waals surface area contributed by atoms with Gasteiger partial charge >= 0.3 is 0 Å². The summed E-state index contributed by atoms with van der Waals surface area (Å²) in [6.07, 6.45) is 12.6. The van der Waals surface area contributed by atoms with Crippen molar-refractivity contribution in [3.8, 4) is 0 Å². The molecule has 0 spiro atoms. The molecular formula is C24H32N6O2. The average molecular weight is 437 g/mol. The third-order valence-corrected chi connectivity index (χ3v) is 7.16. The van der Waals surface area contributed by atoms with Crippen LogP contribution in [0.1, 0.15) is 72.6 Å². The molecule has 3 aliphatic rings. The second kappa shape index (κ2) is 9.02. The highest BCUT2D eigenvalue weighted by Gasteiger charge is 2.32. The molecule has 0 saturated carbocycles. The predicted molar refractivity (Wildman–Crippen MR) is 121 cm³/mol. The van der Waals surface area contributed by atoms with Crippen LogP contribution in [0.5, 0.6) is 0 Å². The van der Waals surface area contributed by atoms with Crippen LogP contribution in [0, 0.1) is 5.92 Å². The van der Waals surface area contributed by atoms with Gasteiger partial charge in [0.05, 0.1) is 23.8 Å². The molecule has 5 rings (SSSR count). The lowest BCUT2D eigenvalue weighted by atomic mass is 9.93. The fourth-order valence-corrected chi connectivity index (χ4v) is 5.41. The average Bonchev–Trinajstić information content (AvgIpc) is 3.48. The van der Waals surface area contributed by atoms with Gasteiger partial charge in [0.1, 0.15) is 11.5 Å². The number of fused-ring (bicyclic) bond motifs is 1. The van der Waals surface area contributed by atoms with E-state index in [0.29, 0.717) is 43.2 Å². The number of nitrogens with one attached hydrogen (secondary N) is 1. The number of carbonyl (C=O) groups is 1. The molecule has 0 unspecified atom stereocenters. The minimum atomic E-state index is -0.0982. The van der Waals surface area contributed by atoms with E-state index in [0.717, 1.165) is 43.9 Å². The van der Waals surface area contributed by atoms with Crippen LogP contribution in [0.25, 0.3) is 0 Å². The van der Waals surface area contributed by atoms with Gasteiger partial charge in [-0.05, 0) is 57.6 Å². The highest BCUT2D eigenvalue weighted by atomic mass is 16.2. The van der Waals surface area contributed by atoms with E-state index in [1.165, 1.54) is 12.8 Å². The Hall–Kier alpha value is -2.74. The standard InChI is InChI=1S/C24H32N6O2/c1-2-30-21(10-12-25-30)24(32)29-14-11-19-18(16-29)23(31)27-22(26-19)20-9-6-13-28(20)15-17-7-4-3-5-8-17/h3-4,10,12,17,20H,2,5-9,11,13-16H2,1H3,(H,26,27,31)/t17-,20+/m1/s1. The number of hydrogen-bond acceptors (Lipinski definition) is 5. The van der Waals surface area contributed by atoms with Gasteiger partial charge in [-0.3, -0.25) is 19.2 Å². The first kappa shape index (κ1) is 21.1. The van der Waals surface area contributed by atoms with Crippen LogP contribution in [-0.4, -0.2) is 55.1 Å². The van der Waals surface area contributed by atoms with E-state index in [-0.39, 0.29) is 17.5 Å². The predicted octanol–water partition coefficient (Wildman–Crippen LogP) is 2.68. The quantitative estimate of drug-likeness (QED) is 0.728. The van der Waals surface area contributed by atoms with Crippen molar-refractivity contribution in [1.29, 1.82) is 0 Å². The highest BCUT2D eigenvalue weighted by Crippen LogP contribution is 2.32. The fraction of sp³-hybridized carbons (Fsp3) is 0.583. The summed E-state index contributed by atoms with van der Waals surface area (Å²) in [6.45, 7) is 5.61. The molecule has 8 nitrogen and oxygen atoms in total. The Morgan fingerprint density at radius 1 is 1.25 bits per heavy atom. The van der Waals surface area contributed by atoms with E-state index < -0.39 is 0 Å². The maximum atomic E-state index is 13.0.